The maximum absolute atomic E-state index is 12.6. The van der Waals surface area contributed by atoms with Crippen LogP contribution in [0.2, 0.25) is 0 Å². The molecule has 1 amide bonds. The third-order valence-corrected chi connectivity index (χ3v) is 6.07. The number of rotatable bonds is 7. The number of ether oxygens (including phenoxy) is 3. The molecule has 0 aliphatic heterocycles. The van der Waals surface area contributed by atoms with Crippen molar-refractivity contribution in [3.8, 4) is 17.0 Å². The minimum Gasteiger partial charge on any atom is -0.493 e. The molecule has 3 aromatic carbocycles. The Morgan fingerprint density at radius 2 is 1.50 bits per heavy atom. The van der Waals surface area contributed by atoms with Gasteiger partial charge in [-0.25, -0.2) is 9.78 Å². The Balaban J connectivity index is 1.79. The van der Waals surface area contributed by atoms with Crippen molar-refractivity contribution < 1.29 is 23.8 Å². The number of amides is 1. The normalized spacial score (nSPS) is 11.9. The second-order valence-electron chi connectivity index (χ2n) is 11.5. The van der Waals surface area contributed by atoms with Gasteiger partial charge in [0.05, 0.1) is 24.2 Å². The van der Waals surface area contributed by atoms with Crippen molar-refractivity contribution in [1.82, 2.24) is 4.98 Å². The van der Waals surface area contributed by atoms with Crippen molar-refractivity contribution in [3.63, 3.8) is 0 Å². The van der Waals surface area contributed by atoms with Crippen LogP contribution in [0.5, 0.6) is 5.75 Å². The molecule has 0 atom stereocenters. The highest BCUT2D eigenvalue weighted by Crippen LogP contribution is 2.35. The van der Waals surface area contributed by atoms with E-state index in [4.69, 9.17) is 19.2 Å². The molecular weight excluding hydrogens is 572 g/mol. The van der Waals surface area contributed by atoms with E-state index in [1.54, 1.807) is 0 Å². The Morgan fingerprint density at radius 3 is 2.15 bits per heavy atom. The summed E-state index contributed by atoms with van der Waals surface area (Å²) in [7, 11) is 0. The average molecular weight is 608 g/mol. The lowest BCUT2D eigenvalue weighted by atomic mass is 9.97. The predicted molar refractivity (Wildman–Crippen MR) is 163 cm³/mol. The van der Waals surface area contributed by atoms with Crippen LogP contribution >= 0.6 is 15.9 Å². The molecule has 0 saturated carbocycles. The molecule has 4 aromatic rings. The van der Waals surface area contributed by atoms with E-state index in [0.717, 1.165) is 49.6 Å². The molecule has 0 aliphatic rings. The quantitative estimate of drug-likeness (QED) is 0.130. The second kappa shape index (κ2) is 11.8. The van der Waals surface area contributed by atoms with Gasteiger partial charge in [0.1, 0.15) is 17.0 Å². The fraction of sp³-hybridized carbons (Fsp3) is 0.344. The molecule has 1 N–H and O–H groups in total. The number of hydrogen-bond donors (Lipinski definition) is 1. The van der Waals surface area contributed by atoms with Gasteiger partial charge >= 0.3 is 12.1 Å². The summed E-state index contributed by atoms with van der Waals surface area (Å²) in [5.74, 6) is 0.482. The number of hydrogen-bond acceptors (Lipinski definition) is 6. The largest absolute Gasteiger partial charge is 0.493 e. The number of nitrogens with one attached hydrogen (secondary N) is 1. The van der Waals surface area contributed by atoms with Crippen molar-refractivity contribution in [2.45, 2.75) is 59.2 Å². The Hall–Kier alpha value is -3.65. The van der Waals surface area contributed by atoms with E-state index in [2.05, 4.69) is 21.2 Å². The minimum absolute atomic E-state index is 0.156. The number of carbonyl (C=O) groups excluding carboxylic acids is 2. The molecule has 210 valence electrons. The molecule has 1 aromatic heterocycles. The maximum atomic E-state index is 12.6. The number of anilines is 1. The molecule has 1 heterocycles. The highest BCUT2D eigenvalue weighted by atomic mass is 79.9. The van der Waals surface area contributed by atoms with Gasteiger partial charge in [0.25, 0.3) is 0 Å². The number of pyridine rings is 1. The third-order valence-electron chi connectivity index (χ3n) is 5.75. The first kappa shape index (κ1) is 29.3. The summed E-state index contributed by atoms with van der Waals surface area (Å²) in [5.41, 5.74) is 2.64. The number of alkyl halides is 1. The molecule has 4 rings (SSSR count). The molecule has 0 unspecified atom stereocenters. The fourth-order valence-corrected chi connectivity index (χ4v) is 4.46. The van der Waals surface area contributed by atoms with Crippen molar-refractivity contribution >= 4 is 55.4 Å². The topological polar surface area (TPSA) is 86.8 Å². The number of nitrogens with zero attached hydrogens (tertiary/aromatic N) is 1. The Bertz CT molecular complexity index is 1540. The summed E-state index contributed by atoms with van der Waals surface area (Å²) in [5, 5.41) is 6.36. The molecule has 0 radical (unpaired) electrons. The summed E-state index contributed by atoms with van der Waals surface area (Å²) in [4.78, 5) is 30.0. The van der Waals surface area contributed by atoms with Crippen LogP contribution in [0.15, 0.2) is 60.7 Å². The maximum Gasteiger partial charge on any atom is 0.412 e. The van der Waals surface area contributed by atoms with Crippen LogP contribution in [0, 0.1) is 0 Å². The van der Waals surface area contributed by atoms with E-state index < -0.39 is 17.3 Å². The van der Waals surface area contributed by atoms with E-state index in [-0.39, 0.29) is 12.4 Å². The van der Waals surface area contributed by atoms with E-state index in [1.807, 2.05) is 102 Å². The zero-order valence-corrected chi connectivity index (χ0v) is 25.3. The van der Waals surface area contributed by atoms with Crippen LogP contribution in [0.25, 0.3) is 32.9 Å². The van der Waals surface area contributed by atoms with Gasteiger partial charge in [-0.15, -0.1) is 0 Å². The zero-order valence-electron chi connectivity index (χ0n) is 23.8. The molecule has 8 heteroatoms. The first-order chi connectivity index (χ1) is 18.8. The molecule has 0 aliphatic carbocycles. The standard InChI is InChI=1S/C32H35BrN2O5/c1-31(2,3)39-28(36)18-20-7-13-24-25-14-10-22(34-30(37)40-32(4,5)6)19-27(25)35-29(26(24)17-20)21-8-11-23(12-9-21)38-16-15-33/h7-14,17,19H,15-16,18H2,1-6H3,(H,34,37). The van der Waals surface area contributed by atoms with Crippen LogP contribution in [0.1, 0.15) is 47.1 Å². The Kier molecular flexibility index (Phi) is 8.68. The van der Waals surface area contributed by atoms with Crippen molar-refractivity contribution in [1.29, 1.82) is 0 Å². The molecule has 0 spiro atoms. The number of esters is 1. The average Bonchev–Trinajstić information content (AvgIpc) is 2.84. The minimum atomic E-state index is -0.607. The highest BCUT2D eigenvalue weighted by molar-refractivity contribution is 9.09. The summed E-state index contributed by atoms with van der Waals surface area (Å²) in [6, 6.07) is 19.3. The first-order valence-corrected chi connectivity index (χ1v) is 14.3. The molecule has 7 nitrogen and oxygen atoms in total. The smallest absolute Gasteiger partial charge is 0.412 e. The lowest BCUT2D eigenvalue weighted by Gasteiger charge is -2.20. The van der Waals surface area contributed by atoms with Crippen LogP contribution in [0.3, 0.4) is 0 Å². The van der Waals surface area contributed by atoms with E-state index in [9.17, 15) is 9.59 Å². The molecular formula is C32H35BrN2O5. The summed E-state index contributed by atoms with van der Waals surface area (Å²) < 4.78 is 16.7. The third kappa shape index (κ3) is 7.72. The highest BCUT2D eigenvalue weighted by Gasteiger charge is 2.19. The zero-order chi connectivity index (χ0) is 29.1. The van der Waals surface area contributed by atoms with Gasteiger partial charge < -0.3 is 14.2 Å². The van der Waals surface area contributed by atoms with Gasteiger partial charge in [-0.05, 0) is 95.0 Å². The SMILES string of the molecule is CC(C)(C)OC(=O)Cc1ccc2c(c1)c(-c1ccc(OCCBr)cc1)nc1cc(NC(=O)OC(C)(C)C)ccc12. The molecule has 40 heavy (non-hydrogen) atoms. The van der Waals surface area contributed by atoms with Gasteiger partial charge in [-0.2, -0.15) is 0 Å². The summed E-state index contributed by atoms with van der Waals surface area (Å²) in [6.45, 7) is 11.6. The van der Waals surface area contributed by atoms with Gasteiger partial charge in [-0.1, -0.05) is 34.1 Å². The number of halogens is 1. The van der Waals surface area contributed by atoms with Crippen molar-refractivity contribution in [2.75, 3.05) is 17.3 Å². The molecule has 0 fully saturated rings. The van der Waals surface area contributed by atoms with E-state index in [0.29, 0.717) is 12.3 Å². The Morgan fingerprint density at radius 1 is 0.825 bits per heavy atom. The van der Waals surface area contributed by atoms with Gasteiger partial charge in [0, 0.05) is 27.4 Å². The molecule has 0 bridgehead atoms. The lowest BCUT2D eigenvalue weighted by molar-refractivity contribution is -0.153. The van der Waals surface area contributed by atoms with Gasteiger partial charge in [0.2, 0.25) is 0 Å². The lowest BCUT2D eigenvalue weighted by Crippen LogP contribution is -2.27. The molecule has 0 saturated heterocycles. The number of benzene rings is 3. The second-order valence-corrected chi connectivity index (χ2v) is 12.3. The predicted octanol–water partition coefficient (Wildman–Crippen LogP) is 8.06. The van der Waals surface area contributed by atoms with Gasteiger partial charge in [-0.3, -0.25) is 10.1 Å². The van der Waals surface area contributed by atoms with Crippen molar-refractivity contribution in [2.24, 2.45) is 0 Å². The van der Waals surface area contributed by atoms with Gasteiger partial charge in [0.15, 0.2) is 0 Å². The first-order valence-electron chi connectivity index (χ1n) is 13.2. The fourth-order valence-electron chi connectivity index (χ4n) is 4.29. The van der Waals surface area contributed by atoms with Crippen LogP contribution in [-0.2, 0) is 20.7 Å². The van der Waals surface area contributed by atoms with Crippen LogP contribution < -0.4 is 10.1 Å². The monoisotopic (exact) mass is 606 g/mol. The van der Waals surface area contributed by atoms with Crippen molar-refractivity contribution in [3.05, 3.63) is 66.2 Å². The Labute approximate surface area is 243 Å². The number of aromatic nitrogens is 1. The number of carbonyl (C=O) groups is 2. The summed E-state index contributed by atoms with van der Waals surface area (Å²) in [6.07, 6.45) is -0.373. The number of fused-ring (bicyclic) bond motifs is 3. The van der Waals surface area contributed by atoms with Crippen LogP contribution in [-0.4, -0.2) is 40.2 Å². The summed E-state index contributed by atoms with van der Waals surface area (Å²) >= 11 is 3.38. The van der Waals surface area contributed by atoms with Crippen LogP contribution in [0.4, 0.5) is 10.5 Å². The van der Waals surface area contributed by atoms with E-state index >= 15 is 0 Å². The van der Waals surface area contributed by atoms with E-state index in [1.165, 1.54) is 0 Å².